The highest BCUT2D eigenvalue weighted by molar-refractivity contribution is 6.31. The third-order valence-electron chi connectivity index (χ3n) is 7.58. The fraction of sp³-hybridized carbons (Fsp3) is 0.133. The van der Waals surface area contributed by atoms with Crippen molar-refractivity contribution in [2.45, 2.75) is 12.1 Å². The zero-order chi connectivity index (χ0) is 25.3. The molecule has 3 aliphatic heterocycles. The minimum Gasteiger partial charge on any atom is -0.455 e. The van der Waals surface area contributed by atoms with Gasteiger partial charge in [-0.2, -0.15) is 0 Å². The van der Waals surface area contributed by atoms with Crippen molar-refractivity contribution in [1.82, 2.24) is 0 Å². The number of fused-ring (bicyclic) bond motifs is 7. The second-order valence-corrected chi connectivity index (χ2v) is 10.4. The maximum atomic E-state index is 14.2. The SMILES string of the molecule is O=C1[C@@H]2[C@H](C(=O)N1c1ccc(Cl)cc1)[C@@H](c1ccc(Cl)cc1)N1c3ccccc3Oc3ccccc3[C@@H]21. The fourth-order valence-corrected chi connectivity index (χ4v) is 6.36. The van der Waals surface area contributed by atoms with Crippen molar-refractivity contribution < 1.29 is 14.3 Å². The number of carbonyl (C=O) groups excluding carboxylic acids is 2. The average Bonchev–Trinajstić information content (AvgIpc) is 3.33. The number of rotatable bonds is 2. The highest BCUT2D eigenvalue weighted by Gasteiger charge is 2.64. The van der Waals surface area contributed by atoms with E-state index >= 15 is 0 Å². The van der Waals surface area contributed by atoms with E-state index < -0.39 is 23.9 Å². The summed E-state index contributed by atoms with van der Waals surface area (Å²) >= 11 is 12.3. The molecule has 0 aromatic heterocycles. The van der Waals surface area contributed by atoms with Gasteiger partial charge in [0.05, 0.1) is 35.3 Å². The van der Waals surface area contributed by atoms with Crippen molar-refractivity contribution >= 4 is 46.4 Å². The van der Waals surface area contributed by atoms with Gasteiger partial charge >= 0.3 is 0 Å². The van der Waals surface area contributed by atoms with Crippen LogP contribution in [-0.4, -0.2) is 11.8 Å². The molecule has 0 bridgehead atoms. The van der Waals surface area contributed by atoms with Gasteiger partial charge in [0.2, 0.25) is 11.8 Å². The van der Waals surface area contributed by atoms with Gasteiger partial charge in [-0.1, -0.05) is 65.7 Å². The highest BCUT2D eigenvalue weighted by Crippen LogP contribution is 2.61. The van der Waals surface area contributed by atoms with Crippen LogP contribution in [0.25, 0.3) is 0 Å². The Bertz CT molecular complexity index is 1550. The normalized spacial score (nSPS) is 23.6. The molecule has 0 unspecified atom stereocenters. The van der Waals surface area contributed by atoms with Gasteiger partial charge in [-0.15, -0.1) is 0 Å². The van der Waals surface area contributed by atoms with Crippen LogP contribution in [0.2, 0.25) is 10.0 Å². The lowest BCUT2D eigenvalue weighted by molar-refractivity contribution is -0.123. The summed E-state index contributed by atoms with van der Waals surface area (Å²) in [5, 5.41) is 1.15. The van der Waals surface area contributed by atoms with Crippen LogP contribution >= 0.6 is 23.2 Å². The molecule has 2 amide bonds. The molecule has 0 spiro atoms. The van der Waals surface area contributed by atoms with Gasteiger partial charge in [0.1, 0.15) is 5.75 Å². The van der Waals surface area contributed by atoms with Crippen LogP contribution in [-0.2, 0) is 9.59 Å². The van der Waals surface area contributed by atoms with E-state index in [9.17, 15) is 9.59 Å². The van der Waals surface area contributed by atoms with E-state index in [2.05, 4.69) is 4.90 Å². The summed E-state index contributed by atoms with van der Waals surface area (Å²) in [5.41, 5.74) is 3.16. The topological polar surface area (TPSA) is 49.9 Å². The Labute approximate surface area is 223 Å². The van der Waals surface area contributed by atoms with Gasteiger partial charge in [0, 0.05) is 15.6 Å². The maximum absolute atomic E-state index is 14.2. The van der Waals surface area contributed by atoms with Gasteiger partial charge in [0.25, 0.3) is 0 Å². The first kappa shape index (κ1) is 22.4. The summed E-state index contributed by atoms with van der Waals surface area (Å²) in [6.45, 7) is 0. The Morgan fingerprint density at radius 2 is 1.19 bits per heavy atom. The molecule has 7 heteroatoms. The quantitative estimate of drug-likeness (QED) is 0.259. The summed E-state index contributed by atoms with van der Waals surface area (Å²) in [5.74, 6) is -0.290. The number of halogens is 2. The van der Waals surface area contributed by atoms with Gasteiger partial charge in [-0.05, 0) is 60.2 Å². The lowest BCUT2D eigenvalue weighted by Crippen LogP contribution is -2.38. The molecule has 3 aliphatic rings. The molecule has 4 atom stereocenters. The standard InChI is InChI=1S/C30H20Cl2N2O3/c31-18-11-9-17(10-12-18)27-25-26(30(36)33(29(25)35)20-15-13-19(32)14-16-20)28-21-5-1-3-7-23(21)37-24-8-4-2-6-22(24)34(27)28/h1-16,25-28H/t25-,26+,27+,28-/m0/s1. The Balaban J connectivity index is 1.48. The molecule has 4 aromatic rings. The van der Waals surface area contributed by atoms with Crippen molar-refractivity contribution in [1.29, 1.82) is 0 Å². The monoisotopic (exact) mass is 526 g/mol. The molecule has 37 heavy (non-hydrogen) atoms. The molecule has 2 saturated heterocycles. The smallest absolute Gasteiger partial charge is 0.240 e. The second-order valence-electron chi connectivity index (χ2n) is 9.50. The molecule has 0 aliphatic carbocycles. The van der Waals surface area contributed by atoms with Crippen molar-refractivity contribution in [2.24, 2.45) is 11.8 Å². The van der Waals surface area contributed by atoms with Crippen LogP contribution < -0.4 is 14.5 Å². The first-order chi connectivity index (χ1) is 18.0. The molecule has 0 N–H and O–H groups in total. The minimum absolute atomic E-state index is 0.221. The fourth-order valence-electron chi connectivity index (χ4n) is 6.10. The van der Waals surface area contributed by atoms with E-state index in [1.54, 1.807) is 24.3 Å². The number of para-hydroxylation sites is 3. The Hall–Kier alpha value is -3.80. The first-order valence-electron chi connectivity index (χ1n) is 12.1. The zero-order valence-electron chi connectivity index (χ0n) is 19.4. The number of hydrogen-bond donors (Lipinski definition) is 0. The molecule has 182 valence electrons. The molecule has 0 radical (unpaired) electrons. The molecule has 5 nitrogen and oxygen atoms in total. The van der Waals surface area contributed by atoms with Crippen molar-refractivity contribution in [2.75, 3.05) is 9.80 Å². The molecule has 0 saturated carbocycles. The molecule has 7 rings (SSSR count). The second kappa shape index (κ2) is 8.37. The summed E-state index contributed by atoms with van der Waals surface area (Å²) < 4.78 is 6.39. The van der Waals surface area contributed by atoms with Crippen LogP contribution in [0.3, 0.4) is 0 Å². The third kappa shape index (κ3) is 3.31. The van der Waals surface area contributed by atoms with Crippen LogP contribution in [0.5, 0.6) is 11.5 Å². The van der Waals surface area contributed by atoms with Crippen LogP contribution in [0.15, 0.2) is 97.1 Å². The molecule has 4 aromatic carbocycles. The van der Waals surface area contributed by atoms with Crippen LogP contribution in [0, 0.1) is 11.8 Å². The number of imide groups is 1. The van der Waals surface area contributed by atoms with Crippen molar-refractivity contribution in [3.05, 3.63) is 118 Å². The summed E-state index contributed by atoms with van der Waals surface area (Å²) in [4.78, 5) is 31.9. The summed E-state index contributed by atoms with van der Waals surface area (Å²) in [6, 6.07) is 29.1. The highest BCUT2D eigenvalue weighted by atomic mass is 35.5. The number of benzene rings is 4. The van der Waals surface area contributed by atoms with Crippen molar-refractivity contribution in [3.63, 3.8) is 0 Å². The van der Waals surface area contributed by atoms with E-state index in [1.165, 1.54) is 4.90 Å². The van der Waals surface area contributed by atoms with E-state index in [0.717, 1.165) is 16.8 Å². The van der Waals surface area contributed by atoms with Crippen LogP contribution in [0.4, 0.5) is 11.4 Å². The average molecular weight is 527 g/mol. The number of amides is 2. The number of ether oxygens (including phenoxy) is 1. The van der Waals surface area contributed by atoms with Crippen LogP contribution in [0.1, 0.15) is 23.2 Å². The van der Waals surface area contributed by atoms with E-state index in [0.29, 0.717) is 27.2 Å². The number of anilines is 2. The minimum atomic E-state index is -0.611. The lowest BCUT2D eigenvalue weighted by atomic mass is 9.84. The molecular weight excluding hydrogens is 507 g/mol. The number of hydrogen-bond acceptors (Lipinski definition) is 4. The summed E-state index contributed by atoms with van der Waals surface area (Å²) in [7, 11) is 0. The largest absolute Gasteiger partial charge is 0.455 e. The van der Waals surface area contributed by atoms with Crippen molar-refractivity contribution in [3.8, 4) is 11.5 Å². The lowest BCUT2D eigenvalue weighted by Gasteiger charge is -2.35. The molecule has 2 fully saturated rings. The van der Waals surface area contributed by atoms with Gasteiger partial charge in [-0.25, -0.2) is 4.90 Å². The molecule has 3 heterocycles. The maximum Gasteiger partial charge on any atom is 0.240 e. The Morgan fingerprint density at radius 1 is 0.622 bits per heavy atom. The first-order valence-corrected chi connectivity index (χ1v) is 12.8. The third-order valence-corrected chi connectivity index (χ3v) is 8.08. The summed E-state index contributed by atoms with van der Waals surface area (Å²) in [6.07, 6.45) is 0. The Morgan fingerprint density at radius 3 is 1.89 bits per heavy atom. The number of carbonyl (C=O) groups is 2. The van der Waals surface area contributed by atoms with E-state index in [4.69, 9.17) is 27.9 Å². The van der Waals surface area contributed by atoms with E-state index in [1.807, 2.05) is 72.8 Å². The predicted octanol–water partition coefficient (Wildman–Crippen LogP) is 7.21. The van der Waals surface area contributed by atoms with Gasteiger partial charge < -0.3 is 9.64 Å². The van der Waals surface area contributed by atoms with Gasteiger partial charge in [-0.3, -0.25) is 9.59 Å². The molecular formula is C30H20Cl2N2O3. The van der Waals surface area contributed by atoms with Gasteiger partial charge in [0.15, 0.2) is 5.75 Å². The van der Waals surface area contributed by atoms with E-state index in [-0.39, 0.29) is 11.8 Å². The Kier molecular flexibility index (Phi) is 5.07. The zero-order valence-corrected chi connectivity index (χ0v) is 20.9. The predicted molar refractivity (Wildman–Crippen MR) is 143 cm³/mol. The number of nitrogens with zero attached hydrogens (tertiary/aromatic N) is 2.